The number of nitro benzene ring substituents is 1. The third-order valence-corrected chi connectivity index (χ3v) is 4.74. The quantitative estimate of drug-likeness (QED) is 0.404. The number of nitrogens with one attached hydrogen (secondary N) is 2. The molecule has 21 heavy (non-hydrogen) atoms. The molecule has 11 heteroatoms. The predicted molar refractivity (Wildman–Crippen MR) is 77.0 cm³/mol. The third-order valence-electron chi connectivity index (χ3n) is 2.51. The van der Waals surface area contributed by atoms with Gasteiger partial charge in [0.15, 0.2) is 4.90 Å². The second-order valence-corrected chi connectivity index (χ2v) is 6.55. The number of thiazole rings is 1. The Morgan fingerprint density at radius 1 is 1.43 bits per heavy atom. The molecule has 1 aromatic heterocycles. The lowest BCUT2D eigenvalue weighted by Gasteiger charge is -2.07. The molecular weight excluding hydrogens is 318 g/mol. The van der Waals surface area contributed by atoms with E-state index in [4.69, 9.17) is 5.84 Å². The van der Waals surface area contributed by atoms with Gasteiger partial charge in [0, 0.05) is 17.6 Å². The zero-order valence-electron chi connectivity index (χ0n) is 10.5. The summed E-state index contributed by atoms with van der Waals surface area (Å²) in [4.78, 5) is 13.7. The highest BCUT2D eigenvalue weighted by atomic mass is 32.2. The fourth-order valence-corrected chi connectivity index (χ4v) is 3.34. The molecule has 9 nitrogen and oxygen atoms in total. The van der Waals surface area contributed by atoms with Crippen LogP contribution in [0.2, 0.25) is 0 Å². The molecule has 0 aliphatic heterocycles. The van der Waals surface area contributed by atoms with Crippen molar-refractivity contribution >= 4 is 32.7 Å². The summed E-state index contributed by atoms with van der Waals surface area (Å²) in [6.45, 7) is -0.0337. The van der Waals surface area contributed by atoms with Crippen molar-refractivity contribution in [2.24, 2.45) is 5.84 Å². The number of aromatic nitrogens is 1. The first kappa shape index (κ1) is 15.3. The summed E-state index contributed by atoms with van der Waals surface area (Å²) in [5, 5.41) is 13.3. The van der Waals surface area contributed by atoms with E-state index in [1.54, 1.807) is 11.6 Å². The van der Waals surface area contributed by atoms with Crippen LogP contribution in [0.25, 0.3) is 0 Å². The number of anilines is 1. The first-order chi connectivity index (χ1) is 9.94. The summed E-state index contributed by atoms with van der Waals surface area (Å²) < 4.78 is 26.6. The molecule has 0 bridgehead atoms. The van der Waals surface area contributed by atoms with Gasteiger partial charge in [0.25, 0.3) is 5.69 Å². The second-order valence-electron chi connectivity index (χ2n) is 3.83. The second kappa shape index (κ2) is 6.13. The van der Waals surface area contributed by atoms with E-state index in [2.05, 4.69) is 15.1 Å². The molecule has 0 atom stereocenters. The van der Waals surface area contributed by atoms with Crippen LogP contribution in [0.15, 0.2) is 34.7 Å². The molecular formula is C10H11N5O4S2. The number of nitrogens with two attached hydrogens (primary N) is 1. The molecule has 0 spiro atoms. The number of hydrogen-bond acceptors (Lipinski definition) is 8. The van der Waals surface area contributed by atoms with Crippen molar-refractivity contribution in [3.8, 4) is 0 Å². The van der Waals surface area contributed by atoms with Gasteiger partial charge in [-0.1, -0.05) is 0 Å². The number of hydrogen-bond donors (Lipinski definition) is 3. The Morgan fingerprint density at radius 3 is 2.76 bits per heavy atom. The maximum absolute atomic E-state index is 12.2. The highest BCUT2D eigenvalue weighted by Gasteiger charge is 2.26. The van der Waals surface area contributed by atoms with Crippen LogP contribution in [-0.4, -0.2) is 18.3 Å². The lowest BCUT2D eigenvalue weighted by Crippen LogP contribution is -2.24. The topological polar surface area (TPSA) is 140 Å². The van der Waals surface area contributed by atoms with E-state index in [-0.39, 0.29) is 12.2 Å². The molecule has 112 valence electrons. The Morgan fingerprint density at radius 2 is 2.19 bits per heavy atom. The highest BCUT2D eigenvalue weighted by Crippen LogP contribution is 2.26. The lowest BCUT2D eigenvalue weighted by atomic mass is 10.3. The first-order valence-electron chi connectivity index (χ1n) is 5.57. The van der Waals surface area contributed by atoms with E-state index in [1.807, 2.05) is 0 Å². The van der Waals surface area contributed by atoms with Crippen LogP contribution in [0.1, 0.15) is 5.01 Å². The van der Waals surface area contributed by atoms with E-state index in [9.17, 15) is 18.5 Å². The molecule has 4 N–H and O–H groups in total. The van der Waals surface area contributed by atoms with Crippen molar-refractivity contribution in [3.05, 3.63) is 44.9 Å². The maximum atomic E-state index is 12.2. The monoisotopic (exact) mass is 329 g/mol. The third kappa shape index (κ3) is 3.52. The SMILES string of the molecule is NNc1ccc(S(=O)(=O)NCc2nccs2)c([N+](=O)[O-])c1. The van der Waals surface area contributed by atoms with Crippen LogP contribution in [0.5, 0.6) is 0 Å². The smallest absolute Gasteiger partial charge is 0.291 e. The summed E-state index contributed by atoms with van der Waals surface area (Å²) in [5.41, 5.74) is 1.91. The molecule has 1 aromatic carbocycles. The van der Waals surface area contributed by atoms with Crippen molar-refractivity contribution in [2.45, 2.75) is 11.4 Å². The maximum Gasteiger partial charge on any atom is 0.291 e. The molecule has 0 radical (unpaired) electrons. The molecule has 0 saturated carbocycles. The molecule has 0 unspecified atom stereocenters. The van der Waals surface area contributed by atoms with Crippen LogP contribution in [0, 0.1) is 10.1 Å². The van der Waals surface area contributed by atoms with Crippen molar-refractivity contribution in [3.63, 3.8) is 0 Å². The Balaban J connectivity index is 2.32. The molecule has 0 amide bonds. The normalized spacial score (nSPS) is 11.3. The minimum Gasteiger partial charge on any atom is -0.324 e. The summed E-state index contributed by atoms with van der Waals surface area (Å²) in [7, 11) is -4.03. The predicted octanol–water partition coefficient (Wildman–Crippen LogP) is 0.815. The Hall–Kier alpha value is -2.08. The van der Waals surface area contributed by atoms with Crippen LogP contribution in [0.4, 0.5) is 11.4 Å². The van der Waals surface area contributed by atoms with Crippen molar-refractivity contribution in [2.75, 3.05) is 5.43 Å². The van der Waals surface area contributed by atoms with Gasteiger partial charge in [-0.05, 0) is 12.1 Å². The number of nitrogens with zero attached hydrogens (tertiary/aromatic N) is 2. The first-order valence-corrected chi connectivity index (χ1v) is 7.93. The molecule has 0 aliphatic carbocycles. The van der Waals surface area contributed by atoms with Gasteiger partial charge in [-0.3, -0.25) is 16.0 Å². The minimum absolute atomic E-state index is 0.0337. The zero-order valence-corrected chi connectivity index (χ0v) is 12.1. The van der Waals surface area contributed by atoms with Crippen molar-refractivity contribution in [1.82, 2.24) is 9.71 Å². The number of hydrazine groups is 1. The number of sulfonamides is 1. The van der Waals surface area contributed by atoms with Gasteiger partial charge in [0.05, 0.1) is 17.2 Å². The van der Waals surface area contributed by atoms with Gasteiger partial charge in [0.1, 0.15) is 5.01 Å². The number of rotatable bonds is 6. The van der Waals surface area contributed by atoms with Gasteiger partial charge < -0.3 is 5.43 Å². The zero-order chi connectivity index (χ0) is 15.5. The summed E-state index contributed by atoms with van der Waals surface area (Å²) >= 11 is 1.28. The highest BCUT2D eigenvalue weighted by molar-refractivity contribution is 7.89. The molecule has 2 aromatic rings. The van der Waals surface area contributed by atoms with Gasteiger partial charge in [-0.25, -0.2) is 18.1 Å². The molecule has 1 heterocycles. The van der Waals surface area contributed by atoms with Gasteiger partial charge in [-0.15, -0.1) is 11.3 Å². The van der Waals surface area contributed by atoms with E-state index in [1.165, 1.54) is 17.4 Å². The fraction of sp³-hybridized carbons (Fsp3) is 0.100. The summed E-state index contributed by atoms with van der Waals surface area (Å²) in [5.74, 6) is 5.16. The average Bonchev–Trinajstić information content (AvgIpc) is 2.98. The van der Waals surface area contributed by atoms with E-state index >= 15 is 0 Å². The lowest BCUT2D eigenvalue weighted by molar-refractivity contribution is -0.387. The molecule has 2 rings (SSSR count). The Labute approximate surface area is 124 Å². The average molecular weight is 329 g/mol. The van der Waals surface area contributed by atoms with Crippen molar-refractivity contribution in [1.29, 1.82) is 0 Å². The number of nitrogen functional groups attached to an aromatic ring is 1. The molecule has 0 fully saturated rings. The molecule has 0 aliphatic rings. The van der Waals surface area contributed by atoms with Gasteiger partial charge in [0.2, 0.25) is 10.0 Å². The fourth-order valence-electron chi connectivity index (χ4n) is 1.55. The van der Waals surface area contributed by atoms with E-state index in [0.717, 1.165) is 12.1 Å². The van der Waals surface area contributed by atoms with E-state index in [0.29, 0.717) is 5.01 Å². The molecule has 0 saturated heterocycles. The summed E-state index contributed by atoms with van der Waals surface area (Å²) in [6, 6.07) is 3.51. The van der Waals surface area contributed by atoms with Crippen LogP contribution >= 0.6 is 11.3 Å². The van der Waals surface area contributed by atoms with Crippen molar-refractivity contribution < 1.29 is 13.3 Å². The Kier molecular flexibility index (Phi) is 4.47. The Bertz CT molecular complexity index is 745. The summed E-state index contributed by atoms with van der Waals surface area (Å²) in [6.07, 6.45) is 1.54. The van der Waals surface area contributed by atoms with E-state index < -0.39 is 25.5 Å². The van der Waals surface area contributed by atoms with Gasteiger partial charge >= 0.3 is 0 Å². The minimum atomic E-state index is -4.03. The van der Waals surface area contributed by atoms with Crippen LogP contribution in [-0.2, 0) is 16.6 Å². The van der Waals surface area contributed by atoms with Crippen LogP contribution < -0.4 is 16.0 Å². The largest absolute Gasteiger partial charge is 0.324 e. The standard InChI is InChI=1S/C10H11N5O4S2/c11-14-7-1-2-9(8(5-7)15(16)17)21(18,19)13-6-10-12-3-4-20-10/h1-5,13-14H,6,11H2. The number of nitro groups is 1. The van der Waals surface area contributed by atoms with Gasteiger partial charge in [-0.2, -0.15) is 0 Å². The van der Waals surface area contributed by atoms with Crippen LogP contribution in [0.3, 0.4) is 0 Å². The number of benzene rings is 1.